The molecule has 0 spiro atoms. The van der Waals surface area contributed by atoms with Gasteiger partial charge in [-0.3, -0.25) is 0 Å². The first-order valence-electron chi connectivity index (χ1n) is 4.29. The summed E-state index contributed by atoms with van der Waals surface area (Å²) in [4.78, 5) is 0. The molecule has 0 bridgehead atoms. The Bertz CT molecular complexity index is 219. The Labute approximate surface area is 106 Å². The van der Waals surface area contributed by atoms with Crippen molar-refractivity contribution in [2.24, 2.45) is 0 Å². The molecule has 1 N–H and O–H groups in total. The van der Waals surface area contributed by atoms with Crippen molar-refractivity contribution in [3.05, 3.63) is 0 Å². The SMILES string of the molecule is CCCC(I)CCCNS(=O)(=O)I. The van der Waals surface area contributed by atoms with Crippen molar-refractivity contribution in [2.75, 3.05) is 6.54 Å². The minimum atomic E-state index is -3.02. The second-order valence-corrected chi connectivity index (χ2v) is 9.27. The van der Waals surface area contributed by atoms with Crippen molar-refractivity contribution in [1.29, 1.82) is 0 Å². The van der Waals surface area contributed by atoms with Gasteiger partial charge in [0.25, 0.3) is 7.19 Å². The Morgan fingerprint density at radius 2 is 2.00 bits per heavy atom. The first-order valence-corrected chi connectivity index (χ1v) is 9.56. The predicted molar refractivity (Wildman–Crippen MR) is 72.9 cm³/mol. The Balaban J connectivity index is 3.36. The van der Waals surface area contributed by atoms with Crippen molar-refractivity contribution >= 4 is 51.0 Å². The highest BCUT2D eigenvalue weighted by molar-refractivity contribution is 14.2. The van der Waals surface area contributed by atoms with Crippen LogP contribution in [0, 0.1) is 0 Å². The monoisotopic (exact) mass is 431 g/mol. The highest BCUT2D eigenvalue weighted by atomic mass is 127. The largest absolute Gasteiger partial charge is 0.265 e. The fourth-order valence-corrected chi connectivity index (χ4v) is 3.09. The van der Waals surface area contributed by atoms with Gasteiger partial charge in [0, 0.05) is 10.5 Å². The van der Waals surface area contributed by atoms with Gasteiger partial charge in [-0.15, -0.1) is 0 Å². The van der Waals surface area contributed by atoms with Crippen LogP contribution in [-0.4, -0.2) is 18.9 Å². The summed E-state index contributed by atoms with van der Waals surface area (Å²) in [6.45, 7) is 2.73. The van der Waals surface area contributed by atoms with Crippen LogP contribution in [-0.2, 0) is 7.19 Å². The molecule has 0 heterocycles. The maximum absolute atomic E-state index is 10.7. The van der Waals surface area contributed by atoms with E-state index in [9.17, 15) is 8.42 Å². The molecule has 0 aliphatic heterocycles. The van der Waals surface area contributed by atoms with E-state index in [0.717, 1.165) is 12.8 Å². The highest BCUT2D eigenvalue weighted by Gasteiger charge is 2.04. The van der Waals surface area contributed by atoms with Crippen LogP contribution < -0.4 is 4.72 Å². The predicted octanol–water partition coefficient (Wildman–Crippen LogP) is 2.64. The van der Waals surface area contributed by atoms with Crippen molar-refractivity contribution < 1.29 is 8.42 Å². The Morgan fingerprint density at radius 3 is 2.46 bits per heavy atom. The van der Waals surface area contributed by atoms with Crippen LogP contribution in [0.15, 0.2) is 0 Å². The van der Waals surface area contributed by atoms with Gasteiger partial charge in [-0.25, -0.2) is 13.1 Å². The molecule has 0 radical (unpaired) electrons. The molecule has 0 aromatic carbocycles. The Hall–Kier alpha value is 1.37. The van der Waals surface area contributed by atoms with Crippen molar-refractivity contribution in [1.82, 2.24) is 4.72 Å². The zero-order valence-electron chi connectivity index (χ0n) is 7.59. The van der Waals surface area contributed by atoms with E-state index >= 15 is 0 Å². The molecule has 80 valence electrons. The maximum Gasteiger partial charge on any atom is 0.265 e. The summed E-state index contributed by atoms with van der Waals surface area (Å²) in [6, 6.07) is 0. The quantitative estimate of drug-likeness (QED) is 0.292. The summed E-state index contributed by atoms with van der Waals surface area (Å²) in [5.41, 5.74) is 0. The number of rotatable bonds is 7. The van der Waals surface area contributed by atoms with Crippen LogP contribution in [0.1, 0.15) is 32.6 Å². The summed E-state index contributed by atoms with van der Waals surface area (Å²) < 4.78 is 24.5. The van der Waals surface area contributed by atoms with Gasteiger partial charge < -0.3 is 0 Å². The van der Waals surface area contributed by atoms with Crippen LogP contribution in [0.25, 0.3) is 0 Å². The molecule has 1 unspecified atom stereocenters. The van der Waals surface area contributed by atoms with Gasteiger partial charge in [0.15, 0.2) is 0 Å². The zero-order valence-corrected chi connectivity index (χ0v) is 12.7. The van der Waals surface area contributed by atoms with Gasteiger partial charge in [-0.2, -0.15) is 0 Å². The lowest BCUT2D eigenvalue weighted by molar-refractivity contribution is 0.591. The molecule has 0 aliphatic carbocycles. The van der Waals surface area contributed by atoms with Crippen LogP contribution in [0.3, 0.4) is 0 Å². The molecule has 13 heavy (non-hydrogen) atoms. The van der Waals surface area contributed by atoms with Gasteiger partial charge in [0.2, 0.25) is 0 Å². The van der Waals surface area contributed by atoms with Crippen molar-refractivity contribution in [3.8, 4) is 0 Å². The molecule has 0 aromatic rings. The van der Waals surface area contributed by atoms with Gasteiger partial charge in [0.05, 0.1) is 21.2 Å². The van der Waals surface area contributed by atoms with E-state index in [1.54, 1.807) is 0 Å². The minimum Gasteiger partial charge on any atom is -0.207 e. The first-order chi connectivity index (χ1) is 5.95. The molecule has 0 aliphatic rings. The smallest absolute Gasteiger partial charge is 0.207 e. The van der Waals surface area contributed by atoms with E-state index in [4.69, 9.17) is 0 Å². The number of hydrogen-bond donors (Lipinski definition) is 1. The lowest BCUT2D eigenvalue weighted by atomic mass is 10.2. The van der Waals surface area contributed by atoms with E-state index in [-0.39, 0.29) is 0 Å². The van der Waals surface area contributed by atoms with E-state index in [0.29, 0.717) is 10.5 Å². The first kappa shape index (κ1) is 14.4. The third-order valence-electron chi connectivity index (χ3n) is 1.57. The normalized spacial score (nSPS) is 14.4. The summed E-state index contributed by atoms with van der Waals surface area (Å²) in [6.07, 6.45) is 4.44. The molecule has 1 atom stereocenters. The van der Waals surface area contributed by atoms with Crippen LogP contribution in [0.5, 0.6) is 0 Å². The fourth-order valence-electron chi connectivity index (χ4n) is 0.975. The molecule has 0 saturated carbocycles. The highest BCUT2D eigenvalue weighted by Crippen LogP contribution is 2.14. The lowest BCUT2D eigenvalue weighted by Gasteiger charge is -2.07. The van der Waals surface area contributed by atoms with E-state index in [1.807, 2.05) is 0 Å². The third kappa shape index (κ3) is 11.3. The molecular weight excluding hydrogens is 416 g/mol. The second-order valence-electron chi connectivity index (χ2n) is 2.86. The van der Waals surface area contributed by atoms with E-state index in [2.05, 4.69) is 34.2 Å². The molecule has 0 saturated heterocycles. The van der Waals surface area contributed by atoms with E-state index in [1.165, 1.54) is 34.0 Å². The van der Waals surface area contributed by atoms with Crippen molar-refractivity contribution in [3.63, 3.8) is 0 Å². The molecule has 3 nitrogen and oxygen atoms in total. The average molecular weight is 431 g/mol. The number of alkyl halides is 1. The molecule has 0 amide bonds. The fraction of sp³-hybridized carbons (Fsp3) is 1.00. The van der Waals surface area contributed by atoms with Gasteiger partial charge >= 0.3 is 0 Å². The number of hydrogen-bond acceptors (Lipinski definition) is 2. The van der Waals surface area contributed by atoms with Gasteiger partial charge in [-0.05, 0) is 19.3 Å². The standard InChI is InChI=1S/C7H15I2NO2S/c1-2-4-7(8)5-3-6-10-13(9,11)12/h7,10H,2-6H2,1H3. The molecule has 0 fully saturated rings. The molecule has 0 aromatic heterocycles. The lowest BCUT2D eigenvalue weighted by Crippen LogP contribution is -2.19. The summed E-state index contributed by atoms with van der Waals surface area (Å²) >= 11 is 3.83. The van der Waals surface area contributed by atoms with Crippen molar-refractivity contribution in [2.45, 2.75) is 36.5 Å². The third-order valence-corrected chi connectivity index (χ3v) is 4.30. The Kier molecular flexibility index (Phi) is 8.44. The summed E-state index contributed by atoms with van der Waals surface area (Å²) in [7, 11) is -3.02. The number of halogens is 2. The maximum atomic E-state index is 10.7. The molecule has 0 rings (SSSR count). The minimum absolute atomic E-state index is 0.564. The molecule has 6 heteroatoms. The van der Waals surface area contributed by atoms with E-state index < -0.39 is 7.19 Å². The average Bonchev–Trinajstić information content (AvgIpc) is 1.97. The zero-order chi connectivity index (χ0) is 10.3. The van der Waals surface area contributed by atoms with Crippen LogP contribution in [0.2, 0.25) is 0 Å². The summed E-state index contributed by atoms with van der Waals surface area (Å²) in [5.74, 6) is 0. The van der Waals surface area contributed by atoms with Gasteiger partial charge in [-0.1, -0.05) is 35.9 Å². The van der Waals surface area contributed by atoms with Crippen LogP contribution in [0.4, 0.5) is 0 Å². The number of nitrogens with one attached hydrogen (secondary N) is 1. The van der Waals surface area contributed by atoms with Gasteiger partial charge in [0.1, 0.15) is 0 Å². The van der Waals surface area contributed by atoms with Crippen LogP contribution >= 0.6 is 43.8 Å². The Morgan fingerprint density at radius 1 is 1.38 bits per heavy atom. The second kappa shape index (κ2) is 7.63. The topological polar surface area (TPSA) is 46.2 Å². The molecular formula is C7H15I2NO2S. The summed E-state index contributed by atoms with van der Waals surface area (Å²) in [5, 5.41) is 0.